The van der Waals surface area contributed by atoms with Crippen molar-refractivity contribution in [3.63, 3.8) is 0 Å². The molecule has 0 saturated carbocycles. The zero-order valence-corrected chi connectivity index (χ0v) is 16.4. The number of aryl methyl sites for hydroxylation is 1. The lowest BCUT2D eigenvalue weighted by Crippen LogP contribution is -2.32. The van der Waals surface area contributed by atoms with Gasteiger partial charge in [0.1, 0.15) is 5.37 Å². The maximum absolute atomic E-state index is 13.1. The van der Waals surface area contributed by atoms with Gasteiger partial charge in [0.05, 0.1) is 11.3 Å². The van der Waals surface area contributed by atoms with Crippen LogP contribution in [0.2, 0.25) is 0 Å². The number of nitrogens with two attached hydrogens (primary N) is 1. The predicted octanol–water partition coefficient (Wildman–Crippen LogP) is 3.82. The van der Waals surface area contributed by atoms with Crippen molar-refractivity contribution >= 4 is 15.7 Å². The van der Waals surface area contributed by atoms with Crippen molar-refractivity contribution in [1.29, 1.82) is 0 Å². The number of primary sulfonamides is 1. The Balaban J connectivity index is 2.10. The molecule has 0 spiro atoms. The van der Waals surface area contributed by atoms with Crippen molar-refractivity contribution in [2.75, 3.05) is 5.32 Å². The topological polar surface area (TPSA) is 90.0 Å². The second-order valence-electron chi connectivity index (χ2n) is 6.59. The van der Waals surface area contributed by atoms with Crippen LogP contribution >= 0.6 is 0 Å². The fourth-order valence-corrected chi connectivity index (χ4v) is 3.09. The van der Waals surface area contributed by atoms with Gasteiger partial charge in [-0.15, -0.1) is 0 Å². The van der Waals surface area contributed by atoms with Crippen LogP contribution in [-0.4, -0.2) is 23.6 Å². The second-order valence-corrected chi connectivity index (χ2v) is 8.47. The number of nitrogens with zero attached hydrogens (tertiary/aromatic N) is 2. The first kappa shape index (κ1) is 20.9. The van der Waals surface area contributed by atoms with E-state index in [9.17, 15) is 21.6 Å². The highest BCUT2D eigenvalue weighted by Gasteiger charge is 2.30. The Bertz CT molecular complexity index is 1140. The van der Waals surface area contributed by atoms with Crippen LogP contribution in [0, 0.1) is 0 Å². The molecule has 0 bridgehead atoms. The lowest BCUT2D eigenvalue weighted by atomic mass is 9.98. The molecule has 3 rings (SSSR count). The van der Waals surface area contributed by atoms with Gasteiger partial charge in [0.15, 0.2) is 0 Å². The molecule has 29 heavy (non-hydrogen) atoms. The zero-order valence-electron chi connectivity index (χ0n) is 15.6. The molecule has 0 amide bonds. The molecule has 154 valence electrons. The van der Waals surface area contributed by atoms with E-state index in [0.717, 1.165) is 12.1 Å². The van der Waals surface area contributed by atoms with E-state index >= 15 is 0 Å². The molecular formula is C19H19F3N4O2S. The number of rotatable bonds is 5. The molecule has 0 radical (unpaired) electrons. The number of nitrogens with one attached hydrogen (secondary N) is 1. The Morgan fingerprint density at radius 2 is 1.79 bits per heavy atom. The Morgan fingerprint density at radius 1 is 1.10 bits per heavy atom. The summed E-state index contributed by atoms with van der Waals surface area (Å²) in [6.45, 7) is 1.40. The summed E-state index contributed by atoms with van der Waals surface area (Å²) in [4.78, 5) is 0. The van der Waals surface area contributed by atoms with Crippen LogP contribution in [0.5, 0.6) is 0 Å². The average Bonchev–Trinajstić information content (AvgIpc) is 3.07. The molecule has 1 atom stereocenters. The van der Waals surface area contributed by atoms with E-state index in [1.54, 1.807) is 48.3 Å². The standard InChI is InChI=1S/C19H19F3N4O2S/c1-12(29(23,27)28)24-17-7-6-14(11-16(17)18-8-9-26(2)25-18)13-4-3-5-15(10-13)19(20,21)22/h3-12,24H,1-2H3,(H2,23,27,28). The van der Waals surface area contributed by atoms with Gasteiger partial charge in [0.25, 0.3) is 0 Å². The fraction of sp³-hybridized carbons (Fsp3) is 0.211. The van der Waals surface area contributed by atoms with E-state index in [1.807, 2.05) is 0 Å². The molecule has 2 aromatic carbocycles. The Kier molecular flexibility index (Phi) is 5.42. The summed E-state index contributed by atoms with van der Waals surface area (Å²) in [5.74, 6) is 0. The molecule has 1 heterocycles. The number of sulfonamides is 1. The first-order valence-corrected chi connectivity index (χ1v) is 10.2. The van der Waals surface area contributed by atoms with Crippen molar-refractivity contribution in [1.82, 2.24) is 9.78 Å². The van der Waals surface area contributed by atoms with Gasteiger partial charge < -0.3 is 5.32 Å². The van der Waals surface area contributed by atoms with Gasteiger partial charge in [-0.1, -0.05) is 18.2 Å². The lowest BCUT2D eigenvalue weighted by Gasteiger charge is -2.17. The number of aromatic nitrogens is 2. The number of hydrogen-bond acceptors (Lipinski definition) is 4. The number of halogens is 3. The van der Waals surface area contributed by atoms with Crippen molar-refractivity contribution in [3.8, 4) is 22.4 Å². The minimum atomic E-state index is -4.45. The maximum atomic E-state index is 13.1. The third-order valence-electron chi connectivity index (χ3n) is 4.38. The third kappa shape index (κ3) is 4.77. The molecule has 3 N–H and O–H groups in total. The van der Waals surface area contributed by atoms with Crippen molar-refractivity contribution in [3.05, 3.63) is 60.3 Å². The Morgan fingerprint density at radius 3 is 2.38 bits per heavy atom. The summed E-state index contributed by atoms with van der Waals surface area (Å²) in [5.41, 5.74) is 1.68. The first-order chi connectivity index (χ1) is 13.4. The van der Waals surface area contributed by atoms with Crippen LogP contribution < -0.4 is 10.5 Å². The molecule has 1 aromatic heterocycles. The quantitative estimate of drug-likeness (QED) is 0.652. The molecule has 1 unspecified atom stereocenters. The monoisotopic (exact) mass is 424 g/mol. The molecular weight excluding hydrogens is 405 g/mol. The highest BCUT2D eigenvalue weighted by atomic mass is 32.2. The second kappa shape index (κ2) is 7.53. The van der Waals surface area contributed by atoms with E-state index in [4.69, 9.17) is 5.14 Å². The minimum absolute atomic E-state index is 0.378. The largest absolute Gasteiger partial charge is 0.416 e. The molecule has 0 aliphatic carbocycles. The molecule has 10 heteroatoms. The Labute approximate surface area is 166 Å². The highest BCUT2D eigenvalue weighted by molar-refractivity contribution is 7.89. The number of anilines is 1. The van der Waals surface area contributed by atoms with Crippen molar-refractivity contribution < 1.29 is 21.6 Å². The molecule has 0 aliphatic heterocycles. The summed E-state index contributed by atoms with van der Waals surface area (Å²) in [7, 11) is -2.12. The number of benzene rings is 2. The van der Waals surface area contributed by atoms with Gasteiger partial charge >= 0.3 is 6.18 Å². The number of alkyl halides is 3. The van der Waals surface area contributed by atoms with E-state index in [1.165, 1.54) is 13.0 Å². The van der Waals surface area contributed by atoms with Crippen LogP contribution in [-0.2, 0) is 23.2 Å². The van der Waals surface area contributed by atoms with Gasteiger partial charge in [0.2, 0.25) is 10.0 Å². The van der Waals surface area contributed by atoms with E-state index in [2.05, 4.69) is 10.4 Å². The molecule has 0 aliphatic rings. The van der Waals surface area contributed by atoms with Crippen LogP contribution in [0.3, 0.4) is 0 Å². The summed E-state index contributed by atoms with van der Waals surface area (Å²) in [6.07, 6.45) is -2.74. The number of hydrogen-bond donors (Lipinski definition) is 2. The van der Waals surface area contributed by atoms with Crippen LogP contribution in [0.1, 0.15) is 12.5 Å². The van der Waals surface area contributed by atoms with Gasteiger partial charge in [-0.05, 0) is 48.4 Å². The van der Waals surface area contributed by atoms with Gasteiger partial charge in [0, 0.05) is 24.5 Å². The normalized spacial score (nSPS) is 13.3. The Hall–Kier alpha value is -2.85. The van der Waals surface area contributed by atoms with E-state index in [0.29, 0.717) is 28.1 Å². The molecule has 6 nitrogen and oxygen atoms in total. The SMILES string of the molecule is CC(Nc1ccc(-c2cccc(C(F)(F)F)c2)cc1-c1ccn(C)n1)S(N)(=O)=O. The van der Waals surface area contributed by atoms with Crippen LogP contribution in [0.15, 0.2) is 54.7 Å². The average molecular weight is 424 g/mol. The van der Waals surface area contributed by atoms with Crippen LogP contribution in [0.4, 0.5) is 18.9 Å². The van der Waals surface area contributed by atoms with Crippen molar-refractivity contribution in [2.45, 2.75) is 18.5 Å². The molecule has 3 aromatic rings. The van der Waals surface area contributed by atoms with Crippen molar-refractivity contribution in [2.24, 2.45) is 12.2 Å². The maximum Gasteiger partial charge on any atom is 0.416 e. The smallest absolute Gasteiger partial charge is 0.368 e. The zero-order chi connectivity index (χ0) is 21.4. The fourth-order valence-electron chi connectivity index (χ4n) is 2.80. The summed E-state index contributed by atoms with van der Waals surface area (Å²) < 4.78 is 63.9. The lowest BCUT2D eigenvalue weighted by molar-refractivity contribution is -0.137. The summed E-state index contributed by atoms with van der Waals surface area (Å²) >= 11 is 0. The third-order valence-corrected chi connectivity index (χ3v) is 5.49. The van der Waals surface area contributed by atoms with Gasteiger partial charge in [-0.3, -0.25) is 4.68 Å². The van der Waals surface area contributed by atoms with Gasteiger partial charge in [-0.2, -0.15) is 18.3 Å². The van der Waals surface area contributed by atoms with Crippen LogP contribution in [0.25, 0.3) is 22.4 Å². The van der Waals surface area contributed by atoms with E-state index in [-0.39, 0.29) is 0 Å². The minimum Gasteiger partial charge on any atom is -0.368 e. The predicted molar refractivity (Wildman–Crippen MR) is 105 cm³/mol. The highest BCUT2D eigenvalue weighted by Crippen LogP contribution is 2.35. The van der Waals surface area contributed by atoms with Gasteiger partial charge in [-0.25, -0.2) is 13.6 Å². The summed E-state index contributed by atoms with van der Waals surface area (Å²) in [6, 6.07) is 11.6. The summed E-state index contributed by atoms with van der Waals surface area (Å²) in [5, 5.41) is 11.3. The molecule has 0 fully saturated rings. The van der Waals surface area contributed by atoms with E-state index < -0.39 is 27.1 Å². The molecule has 0 saturated heterocycles. The first-order valence-electron chi connectivity index (χ1n) is 8.55.